The van der Waals surface area contributed by atoms with Crippen LogP contribution in [0.25, 0.3) is 0 Å². The number of aryl methyl sites for hydroxylation is 1. The van der Waals surface area contributed by atoms with Crippen LogP contribution in [0.15, 0.2) is 10.5 Å². The SMILES string of the molecule is Cc1oc(C(C)(C)C)cc1C(C)C. The Hall–Kier alpha value is -0.720. The van der Waals surface area contributed by atoms with Gasteiger partial charge in [0.2, 0.25) is 0 Å². The third-order valence-corrected chi connectivity index (χ3v) is 2.32. The van der Waals surface area contributed by atoms with Gasteiger partial charge < -0.3 is 4.42 Å². The molecule has 1 rings (SSSR count). The first-order chi connectivity index (χ1) is 5.82. The van der Waals surface area contributed by atoms with E-state index in [9.17, 15) is 0 Å². The zero-order valence-electron chi connectivity index (χ0n) is 9.56. The molecule has 0 radical (unpaired) electrons. The molecule has 0 aliphatic rings. The van der Waals surface area contributed by atoms with Crippen molar-refractivity contribution in [3.63, 3.8) is 0 Å². The van der Waals surface area contributed by atoms with Crippen molar-refractivity contribution in [3.8, 4) is 0 Å². The van der Waals surface area contributed by atoms with Gasteiger partial charge in [-0.15, -0.1) is 0 Å². The van der Waals surface area contributed by atoms with Gasteiger partial charge in [-0.1, -0.05) is 34.6 Å². The number of rotatable bonds is 1. The summed E-state index contributed by atoms with van der Waals surface area (Å²) in [7, 11) is 0. The average molecular weight is 180 g/mol. The fourth-order valence-corrected chi connectivity index (χ4v) is 1.44. The molecule has 1 heterocycles. The van der Waals surface area contributed by atoms with E-state index in [1.165, 1.54) is 5.56 Å². The number of hydrogen-bond donors (Lipinski definition) is 0. The van der Waals surface area contributed by atoms with Crippen LogP contribution in [0.3, 0.4) is 0 Å². The van der Waals surface area contributed by atoms with Crippen LogP contribution in [0.1, 0.15) is 57.6 Å². The van der Waals surface area contributed by atoms with E-state index < -0.39 is 0 Å². The fourth-order valence-electron chi connectivity index (χ4n) is 1.44. The molecule has 0 aliphatic heterocycles. The summed E-state index contributed by atoms with van der Waals surface area (Å²) in [5, 5.41) is 0. The van der Waals surface area contributed by atoms with E-state index in [4.69, 9.17) is 4.42 Å². The largest absolute Gasteiger partial charge is 0.466 e. The Bertz CT molecular complexity index is 287. The molecule has 0 amide bonds. The lowest BCUT2D eigenvalue weighted by atomic mass is 9.92. The van der Waals surface area contributed by atoms with Crippen LogP contribution < -0.4 is 0 Å². The molecule has 0 saturated carbocycles. The van der Waals surface area contributed by atoms with Crippen LogP contribution in [-0.2, 0) is 5.41 Å². The third-order valence-electron chi connectivity index (χ3n) is 2.32. The Morgan fingerprint density at radius 1 is 1.23 bits per heavy atom. The van der Waals surface area contributed by atoms with Gasteiger partial charge in [-0.25, -0.2) is 0 Å². The minimum Gasteiger partial charge on any atom is -0.466 e. The highest BCUT2D eigenvalue weighted by Crippen LogP contribution is 2.30. The summed E-state index contributed by atoms with van der Waals surface area (Å²) >= 11 is 0. The lowest BCUT2D eigenvalue weighted by Gasteiger charge is -2.13. The van der Waals surface area contributed by atoms with Crippen LogP contribution in [0, 0.1) is 6.92 Å². The smallest absolute Gasteiger partial charge is 0.109 e. The monoisotopic (exact) mass is 180 g/mol. The lowest BCUT2D eigenvalue weighted by Crippen LogP contribution is -2.09. The Labute approximate surface area is 81.1 Å². The van der Waals surface area contributed by atoms with Crippen molar-refractivity contribution >= 4 is 0 Å². The maximum atomic E-state index is 5.74. The van der Waals surface area contributed by atoms with E-state index in [0.29, 0.717) is 5.92 Å². The van der Waals surface area contributed by atoms with Gasteiger partial charge in [0.05, 0.1) is 0 Å². The number of furan rings is 1. The van der Waals surface area contributed by atoms with Crippen molar-refractivity contribution < 1.29 is 4.42 Å². The van der Waals surface area contributed by atoms with Crippen molar-refractivity contribution in [2.45, 2.75) is 52.9 Å². The first-order valence-electron chi connectivity index (χ1n) is 4.93. The Balaban J connectivity index is 3.10. The quantitative estimate of drug-likeness (QED) is 0.636. The first-order valence-corrected chi connectivity index (χ1v) is 4.93. The normalized spacial score (nSPS) is 12.5. The fraction of sp³-hybridized carbons (Fsp3) is 0.667. The highest BCUT2D eigenvalue weighted by atomic mass is 16.3. The highest BCUT2D eigenvalue weighted by molar-refractivity contribution is 5.27. The molecule has 0 N–H and O–H groups in total. The summed E-state index contributed by atoms with van der Waals surface area (Å²) < 4.78 is 5.74. The molecular weight excluding hydrogens is 160 g/mol. The molecule has 1 aromatic rings. The van der Waals surface area contributed by atoms with Crippen molar-refractivity contribution in [2.75, 3.05) is 0 Å². The average Bonchev–Trinajstić information content (AvgIpc) is 2.29. The molecule has 0 fully saturated rings. The van der Waals surface area contributed by atoms with Crippen molar-refractivity contribution in [1.29, 1.82) is 0 Å². The molecule has 0 saturated heterocycles. The molecule has 0 unspecified atom stereocenters. The molecule has 1 heteroatoms. The van der Waals surface area contributed by atoms with Crippen molar-refractivity contribution in [3.05, 3.63) is 23.2 Å². The van der Waals surface area contributed by atoms with Crippen LogP contribution in [0.2, 0.25) is 0 Å². The predicted octanol–water partition coefficient (Wildman–Crippen LogP) is 4.01. The van der Waals surface area contributed by atoms with Crippen molar-refractivity contribution in [2.24, 2.45) is 0 Å². The van der Waals surface area contributed by atoms with Gasteiger partial charge in [0.25, 0.3) is 0 Å². The molecule has 1 aromatic heterocycles. The molecule has 0 bridgehead atoms. The maximum Gasteiger partial charge on any atom is 0.109 e. The second kappa shape index (κ2) is 3.21. The molecule has 0 aliphatic carbocycles. The summed E-state index contributed by atoms with van der Waals surface area (Å²) in [6.45, 7) is 13.0. The van der Waals surface area contributed by atoms with Crippen LogP contribution in [0.5, 0.6) is 0 Å². The third kappa shape index (κ3) is 2.15. The van der Waals surface area contributed by atoms with Crippen LogP contribution in [-0.4, -0.2) is 0 Å². The molecule has 13 heavy (non-hydrogen) atoms. The molecule has 0 spiro atoms. The van der Waals surface area contributed by atoms with Crippen molar-refractivity contribution in [1.82, 2.24) is 0 Å². The van der Waals surface area contributed by atoms with Gasteiger partial charge in [-0.2, -0.15) is 0 Å². The van der Waals surface area contributed by atoms with E-state index in [2.05, 4.69) is 40.7 Å². The summed E-state index contributed by atoms with van der Waals surface area (Å²) in [5.41, 5.74) is 1.46. The topological polar surface area (TPSA) is 13.1 Å². The molecule has 1 nitrogen and oxygen atoms in total. The summed E-state index contributed by atoms with van der Waals surface area (Å²) in [5.74, 6) is 2.72. The molecule has 0 atom stereocenters. The summed E-state index contributed by atoms with van der Waals surface area (Å²) in [6, 6.07) is 2.19. The zero-order chi connectivity index (χ0) is 10.2. The summed E-state index contributed by atoms with van der Waals surface area (Å²) in [6.07, 6.45) is 0. The summed E-state index contributed by atoms with van der Waals surface area (Å²) in [4.78, 5) is 0. The number of hydrogen-bond acceptors (Lipinski definition) is 1. The van der Waals surface area contributed by atoms with E-state index >= 15 is 0 Å². The molecular formula is C12H20O. The van der Waals surface area contributed by atoms with Gasteiger partial charge in [0.1, 0.15) is 11.5 Å². The second-order valence-electron chi connectivity index (χ2n) is 5.03. The zero-order valence-corrected chi connectivity index (χ0v) is 9.56. The van der Waals surface area contributed by atoms with Gasteiger partial charge in [0.15, 0.2) is 0 Å². The Morgan fingerprint density at radius 3 is 2.00 bits per heavy atom. The maximum absolute atomic E-state index is 5.74. The minimum absolute atomic E-state index is 0.123. The highest BCUT2D eigenvalue weighted by Gasteiger charge is 2.20. The first kappa shape index (κ1) is 10.4. The molecule has 74 valence electrons. The van der Waals surface area contributed by atoms with Gasteiger partial charge in [-0.05, 0) is 24.5 Å². The van der Waals surface area contributed by atoms with Gasteiger partial charge in [0, 0.05) is 5.41 Å². The van der Waals surface area contributed by atoms with E-state index in [1.807, 2.05) is 6.92 Å². The van der Waals surface area contributed by atoms with E-state index in [1.54, 1.807) is 0 Å². The van der Waals surface area contributed by atoms with E-state index in [-0.39, 0.29) is 5.41 Å². The standard InChI is InChI=1S/C12H20O/c1-8(2)10-7-11(12(4,5)6)13-9(10)3/h7-8H,1-6H3. The van der Waals surface area contributed by atoms with Crippen LogP contribution >= 0.6 is 0 Å². The Morgan fingerprint density at radius 2 is 1.77 bits per heavy atom. The molecule has 0 aromatic carbocycles. The Kier molecular flexibility index (Phi) is 2.56. The minimum atomic E-state index is 0.123. The van der Waals surface area contributed by atoms with Gasteiger partial charge >= 0.3 is 0 Å². The predicted molar refractivity (Wildman–Crippen MR) is 56.2 cm³/mol. The van der Waals surface area contributed by atoms with E-state index in [0.717, 1.165) is 11.5 Å². The second-order valence-corrected chi connectivity index (χ2v) is 5.03. The van der Waals surface area contributed by atoms with Crippen LogP contribution in [0.4, 0.5) is 0 Å². The lowest BCUT2D eigenvalue weighted by molar-refractivity contribution is 0.394. The van der Waals surface area contributed by atoms with Gasteiger partial charge in [-0.3, -0.25) is 0 Å².